The Morgan fingerprint density at radius 1 is 1.38 bits per heavy atom. The van der Waals surface area contributed by atoms with Gasteiger partial charge in [-0.05, 0) is 31.2 Å². The highest BCUT2D eigenvalue weighted by atomic mass is 35.5. The second-order valence-corrected chi connectivity index (χ2v) is 3.30. The molecule has 0 saturated carbocycles. The maximum atomic E-state index is 8.95. The Kier molecular flexibility index (Phi) is 3.82. The summed E-state index contributed by atoms with van der Waals surface area (Å²) in [4.78, 5) is 0. The van der Waals surface area contributed by atoms with Crippen molar-refractivity contribution < 1.29 is 5.11 Å². The van der Waals surface area contributed by atoms with Crippen LogP contribution in [0.2, 0.25) is 5.02 Å². The van der Waals surface area contributed by atoms with Crippen LogP contribution in [0.1, 0.15) is 18.9 Å². The maximum absolute atomic E-state index is 8.95. The molecule has 1 rings (SSSR count). The highest BCUT2D eigenvalue weighted by Crippen LogP contribution is 2.08. The number of aliphatic hydroxyl groups excluding tert-OH is 1. The molecule has 0 spiro atoms. The molecule has 0 aliphatic heterocycles. The second-order valence-electron chi connectivity index (χ2n) is 2.86. The highest BCUT2D eigenvalue weighted by molar-refractivity contribution is 6.30. The van der Waals surface area contributed by atoms with Crippen molar-refractivity contribution in [3.8, 4) is 11.8 Å². The first-order chi connectivity index (χ1) is 6.18. The molecule has 1 atom stereocenters. The molecular formula is C11H11ClO. The minimum absolute atomic E-state index is 0.361. The molecule has 13 heavy (non-hydrogen) atoms. The van der Waals surface area contributed by atoms with Gasteiger partial charge in [0.2, 0.25) is 0 Å². The average molecular weight is 195 g/mol. The lowest BCUT2D eigenvalue weighted by Gasteiger charge is -1.93. The zero-order chi connectivity index (χ0) is 9.68. The molecular weight excluding hydrogens is 184 g/mol. The van der Waals surface area contributed by atoms with Crippen molar-refractivity contribution in [2.45, 2.75) is 19.4 Å². The van der Waals surface area contributed by atoms with Crippen LogP contribution in [0.5, 0.6) is 0 Å². The first-order valence-corrected chi connectivity index (χ1v) is 4.49. The Labute approximate surface area is 83.4 Å². The van der Waals surface area contributed by atoms with Gasteiger partial charge in [-0.3, -0.25) is 0 Å². The molecule has 0 aliphatic rings. The maximum Gasteiger partial charge on any atom is 0.0621 e. The molecule has 0 radical (unpaired) electrons. The number of halogens is 1. The second kappa shape index (κ2) is 4.91. The number of hydrogen-bond acceptors (Lipinski definition) is 1. The summed E-state index contributed by atoms with van der Waals surface area (Å²) in [5.74, 6) is 5.81. The van der Waals surface area contributed by atoms with E-state index in [9.17, 15) is 0 Å². The molecule has 1 nitrogen and oxygen atoms in total. The van der Waals surface area contributed by atoms with Crippen LogP contribution in [0.3, 0.4) is 0 Å². The zero-order valence-electron chi connectivity index (χ0n) is 7.42. The van der Waals surface area contributed by atoms with Crippen LogP contribution in [0.15, 0.2) is 24.3 Å². The van der Waals surface area contributed by atoms with Crippen LogP contribution in [-0.2, 0) is 0 Å². The summed E-state index contributed by atoms with van der Waals surface area (Å²) in [7, 11) is 0. The summed E-state index contributed by atoms with van der Waals surface area (Å²) >= 11 is 5.71. The predicted molar refractivity (Wildman–Crippen MR) is 54.6 cm³/mol. The molecule has 1 aromatic carbocycles. The van der Waals surface area contributed by atoms with Gasteiger partial charge < -0.3 is 5.11 Å². The average Bonchev–Trinajstić information content (AvgIpc) is 2.08. The van der Waals surface area contributed by atoms with Crippen molar-refractivity contribution >= 4 is 11.6 Å². The van der Waals surface area contributed by atoms with E-state index in [0.717, 1.165) is 5.56 Å². The number of aliphatic hydroxyl groups is 1. The van der Waals surface area contributed by atoms with E-state index < -0.39 is 0 Å². The SMILES string of the molecule is CC(O)CC#Cc1ccc(Cl)cc1. The van der Waals surface area contributed by atoms with E-state index in [2.05, 4.69) is 11.8 Å². The van der Waals surface area contributed by atoms with Crippen LogP contribution in [-0.4, -0.2) is 11.2 Å². The third-order valence-corrected chi connectivity index (χ3v) is 1.73. The summed E-state index contributed by atoms with van der Waals surface area (Å²) in [5, 5.41) is 9.66. The lowest BCUT2D eigenvalue weighted by Crippen LogP contribution is -1.95. The molecule has 1 aromatic rings. The Bertz CT molecular complexity index is 316. The molecule has 0 aliphatic carbocycles. The Morgan fingerprint density at radius 2 is 2.00 bits per heavy atom. The van der Waals surface area contributed by atoms with Gasteiger partial charge in [0.15, 0.2) is 0 Å². The van der Waals surface area contributed by atoms with Crippen LogP contribution < -0.4 is 0 Å². The Balaban J connectivity index is 2.62. The summed E-state index contributed by atoms with van der Waals surface area (Å²) in [6, 6.07) is 7.32. The fraction of sp³-hybridized carbons (Fsp3) is 0.273. The van der Waals surface area contributed by atoms with Gasteiger partial charge in [-0.1, -0.05) is 23.4 Å². The van der Waals surface area contributed by atoms with E-state index >= 15 is 0 Å². The quantitative estimate of drug-likeness (QED) is 0.681. The normalized spacial score (nSPS) is 11.6. The smallest absolute Gasteiger partial charge is 0.0621 e. The van der Waals surface area contributed by atoms with Gasteiger partial charge in [-0.2, -0.15) is 0 Å². The third kappa shape index (κ3) is 3.98. The van der Waals surface area contributed by atoms with Crippen LogP contribution in [0, 0.1) is 11.8 Å². The number of benzene rings is 1. The number of rotatable bonds is 1. The van der Waals surface area contributed by atoms with Gasteiger partial charge in [0, 0.05) is 17.0 Å². The Hall–Kier alpha value is -0.970. The molecule has 0 bridgehead atoms. The summed E-state index contributed by atoms with van der Waals surface area (Å²) in [5.41, 5.74) is 0.921. The van der Waals surface area contributed by atoms with Crippen molar-refractivity contribution in [3.05, 3.63) is 34.9 Å². The van der Waals surface area contributed by atoms with Crippen molar-refractivity contribution in [2.75, 3.05) is 0 Å². The zero-order valence-corrected chi connectivity index (χ0v) is 8.17. The van der Waals surface area contributed by atoms with Gasteiger partial charge in [0.25, 0.3) is 0 Å². The largest absolute Gasteiger partial charge is 0.392 e. The van der Waals surface area contributed by atoms with E-state index in [1.54, 1.807) is 19.1 Å². The predicted octanol–water partition coefficient (Wildman–Crippen LogP) is 2.46. The standard InChI is InChI=1S/C11H11ClO/c1-9(13)3-2-4-10-5-7-11(12)8-6-10/h5-9,13H,3H2,1H3. The van der Waals surface area contributed by atoms with Gasteiger partial charge in [0.05, 0.1) is 6.10 Å². The fourth-order valence-electron chi connectivity index (χ4n) is 0.834. The van der Waals surface area contributed by atoms with Gasteiger partial charge in [0.1, 0.15) is 0 Å². The lowest BCUT2D eigenvalue weighted by atomic mass is 10.2. The third-order valence-electron chi connectivity index (χ3n) is 1.47. The minimum Gasteiger partial charge on any atom is -0.392 e. The Morgan fingerprint density at radius 3 is 2.54 bits per heavy atom. The van der Waals surface area contributed by atoms with E-state index in [4.69, 9.17) is 16.7 Å². The van der Waals surface area contributed by atoms with Crippen LogP contribution in [0.4, 0.5) is 0 Å². The molecule has 0 heterocycles. The van der Waals surface area contributed by atoms with Crippen LogP contribution in [0.25, 0.3) is 0 Å². The number of hydrogen-bond donors (Lipinski definition) is 1. The van der Waals surface area contributed by atoms with E-state index in [0.29, 0.717) is 11.4 Å². The molecule has 1 unspecified atom stereocenters. The van der Waals surface area contributed by atoms with Crippen LogP contribution >= 0.6 is 11.6 Å². The van der Waals surface area contributed by atoms with Crippen molar-refractivity contribution in [1.82, 2.24) is 0 Å². The summed E-state index contributed by atoms with van der Waals surface area (Å²) in [6.45, 7) is 1.72. The van der Waals surface area contributed by atoms with Crippen molar-refractivity contribution in [1.29, 1.82) is 0 Å². The minimum atomic E-state index is -0.361. The first kappa shape index (κ1) is 10.1. The molecule has 2 heteroatoms. The summed E-state index contributed by atoms with van der Waals surface area (Å²) < 4.78 is 0. The lowest BCUT2D eigenvalue weighted by molar-refractivity contribution is 0.201. The van der Waals surface area contributed by atoms with Crippen molar-refractivity contribution in [3.63, 3.8) is 0 Å². The van der Waals surface area contributed by atoms with E-state index in [-0.39, 0.29) is 6.10 Å². The molecule has 0 saturated heterocycles. The molecule has 68 valence electrons. The fourth-order valence-corrected chi connectivity index (χ4v) is 0.960. The monoisotopic (exact) mass is 194 g/mol. The molecule has 1 N–H and O–H groups in total. The summed E-state index contributed by atoms with van der Waals surface area (Å²) in [6.07, 6.45) is 0.141. The van der Waals surface area contributed by atoms with E-state index in [1.807, 2.05) is 12.1 Å². The topological polar surface area (TPSA) is 20.2 Å². The van der Waals surface area contributed by atoms with E-state index in [1.165, 1.54) is 0 Å². The van der Waals surface area contributed by atoms with Crippen molar-refractivity contribution in [2.24, 2.45) is 0 Å². The molecule has 0 amide bonds. The highest BCUT2D eigenvalue weighted by Gasteiger charge is 1.89. The first-order valence-electron chi connectivity index (χ1n) is 4.11. The molecule has 0 fully saturated rings. The van der Waals surface area contributed by atoms with Gasteiger partial charge in [-0.15, -0.1) is 0 Å². The van der Waals surface area contributed by atoms with Gasteiger partial charge in [-0.25, -0.2) is 0 Å². The molecule has 0 aromatic heterocycles. The van der Waals surface area contributed by atoms with Gasteiger partial charge >= 0.3 is 0 Å².